The van der Waals surface area contributed by atoms with Gasteiger partial charge < -0.3 is 0 Å². The molecular weight excluding hydrogens is 442 g/mol. The van der Waals surface area contributed by atoms with Gasteiger partial charge in [-0.3, -0.25) is 28.6 Å². The molecule has 0 unspecified atom stereocenters. The average molecular weight is 463 g/mol. The summed E-state index contributed by atoms with van der Waals surface area (Å²) >= 11 is 0. The van der Waals surface area contributed by atoms with Gasteiger partial charge in [0.2, 0.25) is 0 Å². The summed E-state index contributed by atoms with van der Waals surface area (Å²) in [6.45, 7) is -0.233. The van der Waals surface area contributed by atoms with Crippen LogP contribution in [0, 0.1) is 0 Å². The van der Waals surface area contributed by atoms with Gasteiger partial charge in [-0.15, -0.1) is 0 Å². The van der Waals surface area contributed by atoms with Gasteiger partial charge in [0.1, 0.15) is 6.54 Å². The lowest BCUT2D eigenvalue weighted by atomic mass is 10.2. The van der Waals surface area contributed by atoms with Crippen molar-refractivity contribution in [1.29, 1.82) is 0 Å². The van der Waals surface area contributed by atoms with Crippen LogP contribution in [0.3, 0.4) is 0 Å². The maximum Gasteiger partial charge on any atom is 0.332 e. The van der Waals surface area contributed by atoms with Gasteiger partial charge in [0.15, 0.2) is 5.52 Å². The molecule has 0 saturated heterocycles. The fraction of sp³-hybridized carbons (Fsp3) is 0.0741. The quantitative estimate of drug-likeness (QED) is 0.385. The third-order valence-corrected chi connectivity index (χ3v) is 5.65. The van der Waals surface area contributed by atoms with Gasteiger partial charge in [0.05, 0.1) is 12.1 Å². The molecule has 0 saturated carbocycles. The van der Waals surface area contributed by atoms with E-state index in [1.807, 2.05) is 60.7 Å². The second-order valence-corrected chi connectivity index (χ2v) is 7.89. The number of carbonyl (C=O) groups is 1. The fourth-order valence-electron chi connectivity index (χ4n) is 4.00. The van der Waals surface area contributed by atoms with Crippen molar-refractivity contribution in [3.8, 4) is 0 Å². The minimum Gasteiger partial charge on any atom is -0.282 e. The molecular formula is C27H21N5O3. The molecule has 0 fully saturated rings. The molecule has 2 aromatic carbocycles. The fourth-order valence-corrected chi connectivity index (χ4v) is 4.00. The molecule has 5 aromatic rings. The number of hydrogen-bond donors (Lipinski definition) is 0. The first-order valence-corrected chi connectivity index (χ1v) is 11.0. The Bertz CT molecular complexity index is 1560. The first-order chi connectivity index (χ1) is 17.1. The number of pyridine rings is 2. The van der Waals surface area contributed by atoms with E-state index in [0.717, 1.165) is 10.1 Å². The van der Waals surface area contributed by atoms with E-state index in [0.29, 0.717) is 16.9 Å². The van der Waals surface area contributed by atoms with Crippen LogP contribution in [0.15, 0.2) is 113 Å². The molecule has 0 radical (unpaired) electrons. The van der Waals surface area contributed by atoms with Gasteiger partial charge in [-0.05, 0) is 54.1 Å². The summed E-state index contributed by atoms with van der Waals surface area (Å²) in [5.41, 5.74) is 1.43. The molecule has 0 N–H and O–H groups in total. The Morgan fingerprint density at radius 2 is 1.37 bits per heavy atom. The van der Waals surface area contributed by atoms with Gasteiger partial charge in [0.25, 0.3) is 11.5 Å². The normalized spacial score (nSPS) is 10.9. The van der Waals surface area contributed by atoms with E-state index in [-0.39, 0.29) is 24.5 Å². The van der Waals surface area contributed by atoms with Crippen LogP contribution >= 0.6 is 0 Å². The Morgan fingerprint density at radius 3 is 2.00 bits per heavy atom. The highest BCUT2D eigenvalue weighted by atomic mass is 16.2. The van der Waals surface area contributed by atoms with E-state index in [1.165, 1.54) is 10.8 Å². The van der Waals surface area contributed by atoms with Crippen LogP contribution < -0.4 is 16.1 Å². The van der Waals surface area contributed by atoms with Gasteiger partial charge in [-0.2, -0.15) is 0 Å². The van der Waals surface area contributed by atoms with Crippen molar-refractivity contribution in [3.63, 3.8) is 0 Å². The molecule has 8 heteroatoms. The number of aromatic nitrogens is 4. The van der Waals surface area contributed by atoms with Crippen molar-refractivity contribution in [2.75, 3.05) is 4.90 Å². The molecule has 0 spiro atoms. The summed E-state index contributed by atoms with van der Waals surface area (Å²) in [5, 5.41) is 0. The van der Waals surface area contributed by atoms with Crippen LogP contribution in [0.25, 0.3) is 11.0 Å². The highest BCUT2D eigenvalue weighted by Crippen LogP contribution is 2.25. The molecule has 5 rings (SSSR count). The molecule has 0 bridgehead atoms. The van der Waals surface area contributed by atoms with E-state index in [9.17, 15) is 14.4 Å². The summed E-state index contributed by atoms with van der Waals surface area (Å²) < 4.78 is 2.42. The van der Waals surface area contributed by atoms with Gasteiger partial charge in [-0.1, -0.05) is 36.4 Å². The molecule has 3 heterocycles. The highest BCUT2D eigenvalue weighted by molar-refractivity contribution is 6.00. The molecule has 35 heavy (non-hydrogen) atoms. The lowest BCUT2D eigenvalue weighted by Crippen LogP contribution is -2.43. The molecule has 8 nitrogen and oxygen atoms in total. The van der Waals surface area contributed by atoms with Crippen molar-refractivity contribution in [2.24, 2.45) is 0 Å². The van der Waals surface area contributed by atoms with Crippen LogP contribution in [0.4, 0.5) is 11.4 Å². The monoisotopic (exact) mass is 463 g/mol. The van der Waals surface area contributed by atoms with Crippen LogP contribution in [0.2, 0.25) is 0 Å². The lowest BCUT2D eigenvalue weighted by Gasteiger charge is -2.24. The van der Waals surface area contributed by atoms with Crippen LogP contribution in [0.1, 0.15) is 5.56 Å². The second-order valence-electron chi connectivity index (χ2n) is 7.89. The minimum absolute atomic E-state index is 0.0436. The number of amides is 1. The third kappa shape index (κ3) is 4.37. The number of carbonyl (C=O) groups excluding carboxylic acids is 1. The summed E-state index contributed by atoms with van der Waals surface area (Å²) in [6.07, 6.45) is 4.69. The predicted molar refractivity (Wildman–Crippen MR) is 134 cm³/mol. The topological polar surface area (TPSA) is 90.1 Å². The lowest BCUT2D eigenvalue weighted by molar-refractivity contribution is -0.118. The molecule has 0 aliphatic carbocycles. The Morgan fingerprint density at radius 1 is 0.743 bits per heavy atom. The third-order valence-electron chi connectivity index (χ3n) is 5.65. The predicted octanol–water partition coefficient (Wildman–Crippen LogP) is 3.37. The minimum atomic E-state index is -0.582. The zero-order chi connectivity index (χ0) is 24.2. The Hall–Kier alpha value is -4.85. The summed E-state index contributed by atoms with van der Waals surface area (Å²) in [6, 6.07) is 25.2. The largest absolute Gasteiger partial charge is 0.332 e. The van der Waals surface area contributed by atoms with Crippen molar-refractivity contribution >= 4 is 28.3 Å². The second kappa shape index (κ2) is 9.56. The molecule has 1 amide bonds. The zero-order valence-electron chi connectivity index (χ0n) is 18.7. The van der Waals surface area contributed by atoms with Gasteiger partial charge in [0, 0.05) is 30.0 Å². The number of benzene rings is 2. The maximum absolute atomic E-state index is 13.7. The SMILES string of the molecule is O=C(Cn1c(=O)n(Cc2ccncc2)c(=O)c2ncccc21)N(c1ccccc1)c1ccccc1. The molecule has 0 atom stereocenters. The van der Waals surface area contributed by atoms with E-state index in [2.05, 4.69) is 9.97 Å². The molecule has 0 aliphatic rings. The summed E-state index contributed by atoms with van der Waals surface area (Å²) in [4.78, 5) is 50.2. The molecule has 3 aromatic heterocycles. The van der Waals surface area contributed by atoms with E-state index < -0.39 is 11.2 Å². The van der Waals surface area contributed by atoms with Gasteiger partial charge >= 0.3 is 5.69 Å². The Labute approximate surface area is 200 Å². The number of fused-ring (bicyclic) bond motifs is 1. The Balaban J connectivity index is 1.63. The standard InChI is InChI=1S/C27H21N5O3/c33-24(32(21-8-3-1-4-9-21)22-10-5-2-6-11-22)19-30-23-12-7-15-29-25(23)26(34)31(27(30)35)18-20-13-16-28-17-14-20/h1-17H,18-19H2. The number of para-hydroxylation sites is 2. The summed E-state index contributed by atoms with van der Waals surface area (Å²) in [7, 11) is 0. The summed E-state index contributed by atoms with van der Waals surface area (Å²) in [5.74, 6) is -0.330. The van der Waals surface area contributed by atoms with Gasteiger partial charge in [-0.25, -0.2) is 9.78 Å². The highest BCUT2D eigenvalue weighted by Gasteiger charge is 2.22. The van der Waals surface area contributed by atoms with Crippen molar-refractivity contribution in [3.05, 3.63) is 130 Å². The van der Waals surface area contributed by atoms with E-state index >= 15 is 0 Å². The molecule has 0 aliphatic heterocycles. The maximum atomic E-state index is 13.7. The average Bonchev–Trinajstić information content (AvgIpc) is 2.91. The number of hydrogen-bond acceptors (Lipinski definition) is 5. The van der Waals surface area contributed by atoms with Crippen molar-refractivity contribution < 1.29 is 4.79 Å². The number of nitrogens with zero attached hydrogens (tertiary/aromatic N) is 5. The zero-order valence-corrected chi connectivity index (χ0v) is 18.7. The first kappa shape index (κ1) is 22.0. The first-order valence-electron chi connectivity index (χ1n) is 11.0. The number of anilines is 2. The number of rotatable bonds is 6. The van der Waals surface area contributed by atoms with Crippen molar-refractivity contribution in [1.82, 2.24) is 19.1 Å². The van der Waals surface area contributed by atoms with Crippen LogP contribution in [-0.4, -0.2) is 25.0 Å². The van der Waals surface area contributed by atoms with Crippen molar-refractivity contribution in [2.45, 2.75) is 13.1 Å². The Kier molecular flexibility index (Phi) is 6.00. The van der Waals surface area contributed by atoms with E-state index in [4.69, 9.17) is 0 Å². The molecule has 172 valence electrons. The van der Waals surface area contributed by atoms with Crippen LogP contribution in [-0.2, 0) is 17.9 Å². The smallest absolute Gasteiger partial charge is 0.282 e. The van der Waals surface area contributed by atoms with Crippen LogP contribution in [0.5, 0.6) is 0 Å². The van der Waals surface area contributed by atoms with E-state index in [1.54, 1.807) is 41.6 Å².